The number of thiazole rings is 1. The Balaban J connectivity index is 1.47. The Morgan fingerprint density at radius 2 is 2.00 bits per heavy atom. The maximum Gasteiger partial charge on any atom is 0.433 e. The number of rotatable bonds is 3. The summed E-state index contributed by atoms with van der Waals surface area (Å²) in [5.41, 5.74) is 1.93. The SMILES string of the molecule is Cc1ccc(Cl)c2nc(N3CCN(C(=O)c4ccc([N+](=O)[O-])o4)CC3)sc12. The molecule has 4 rings (SSSR count). The number of aryl methyl sites for hydroxylation is 1. The second-order valence-electron chi connectivity index (χ2n) is 6.21. The van der Waals surface area contributed by atoms with Crippen molar-refractivity contribution in [3.05, 3.63) is 50.7 Å². The predicted molar refractivity (Wildman–Crippen MR) is 103 cm³/mol. The van der Waals surface area contributed by atoms with Crippen molar-refractivity contribution in [1.29, 1.82) is 0 Å². The number of halogens is 1. The van der Waals surface area contributed by atoms with Gasteiger partial charge in [-0.1, -0.05) is 29.0 Å². The van der Waals surface area contributed by atoms with Crippen LogP contribution in [0, 0.1) is 17.0 Å². The number of hydrogen-bond acceptors (Lipinski definition) is 7. The molecule has 1 amide bonds. The number of nitrogens with zero attached hydrogens (tertiary/aromatic N) is 4. The van der Waals surface area contributed by atoms with E-state index in [1.165, 1.54) is 12.1 Å². The van der Waals surface area contributed by atoms with E-state index in [0.29, 0.717) is 31.2 Å². The Bertz CT molecular complexity index is 1000. The van der Waals surface area contributed by atoms with Crippen molar-refractivity contribution in [3.63, 3.8) is 0 Å². The van der Waals surface area contributed by atoms with Gasteiger partial charge in [0.2, 0.25) is 0 Å². The Kier molecular flexibility index (Phi) is 4.48. The second kappa shape index (κ2) is 6.82. The molecular weight excluding hydrogens is 392 g/mol. The van der Waals surface area contributed by atoms with E-state index in [0.717, 1.165) is 20.9 Å². The first kappa shape index (κ1) is 17.7. The average molecular weight is 407 g/mol. The minimum atomic E-state index is -0.658. The zero-order valence-corrected chi connectivity index (χ0v) is 15.9. The number of amides is 1. The minimum Gasteiger partial charge on any atom is -0.395 e. The van der Waals surface area contributed by atoms with Crippen molar-refractivity contribution in [1.82, 2.24) is 9.88 Å². The quantitative estimate of drug-likeness (QED) is 0.486. The van der Waals surface area contributed by atoms with Crippen molar-refractivity contribution >= 4 is 50.1 Å². The summed E-state index contributed by atoms with van der Waals surface area (Å²) in [4.78, 5) is 30.9. The van der Waals surface area contributed by atoms with Gasteiger partial charge in [-0.3, -0.25) is 14.9 Å². The van der Waals surface area contributed by atoms with E-state index in [2.05, 4.69) is 9.88 Å². The van der Waals surface area contributed by atoms with Gasteiger partial charge in [0.15, 0.2) is 10.9 Å². The second-order valence-corrected chi connectivity index (χ2v) is 7.60. The topological polar surface area (TPSA) is 92.7 Å². The fourth-order valence-electron chi connectivity index (χ4n) is 3.02. The summed E-state index contributed by atoms with van der Waals surface area (Å²) < 4.78 is 6.08. The molecule has 0 aliphatic carbocycles. The highest BCUT2D eigenvalue weighted by molar-refractivity contribution is 7.22. The molecule has 3 heterocycles. The van der Waals surface area contributed by atoms with Crippen molar-refractivity contribution < 1.29 is 14.1 Å². The number of piperazine rings is 1. The van der Waals surface area contributed by atoms with Crippen LogP contribution in [0.2, 0.25) is 5.02 Å². The maximum atomic E-state index is 12.5. The van der Waals surface area contributed by atoms with Crippen molar-refractivity contribution in [3.8, 4) is 0 Å². The molecule has 140 valence electrons. The number of anilines is 1. The molecule has 1 fully saturated rings. The van der Waals surface area contributed by atoms with E-state index in [9.17, 15) is 14.9 Å². The highest BCUT2D eigenvalue weighted by Crippen LogP contribution is 2.35. The molecule has 1 aromatic carbocycles. The van der Waals surface area contributed by atoms with Gasteiger partial charge in [0, 0.05) is 26.2 Å². The molecule has 0 bridgehead atoms. The lowest BCUT2D eigenvalue weighted by Gasteiger charge is -2.34. The maximum absolute atomic E-state index is 12.5. The first-order valence-electron chi connectivity index (χ1n) is 8.28. The van der Waals surface area contributed by atoms with E-state index in [-0.39, 0.29) is 11.7 Å². The lowest BCUT2D eigenvalue weighted by Crippen LogP contribution is -2.48. The van der Waals surface area contributed by atoms with Crippen molar-refractivity contribution in [2.24, 2.45) is 0 Å². The van der Waals surface area contributed by atoms with E-state index in [1.54, 1.807) is 16.2 Å². The van der Waals surface area contributed by atoms with Crippen molar-refractivity contribution in [2.45, 2.75) is 6.92 Å². The molecule has 1 aliphatic heterocycles. The molecule has 0 unspecified atom stereocenters. The molecule has 8 nitrogen and oxygen atoms in total. The molecule has 10 heteroatoms. The summed E-state index contributed by atoms with van der Waals surface area (Å²) in [6.07, 6.45) is 0. The monoisotopic (exact) mass is 406 g/mol. The highest BCUT2D eigenvalue weighted by atomic mass is 35.5. The lowest BCUT2D eigenvalue weighted by molar-refractivity contribution is -0.402. The van der Waals surface area contributed by atoms with Crippen LogP contribution >= 0.6 is 22.9 Å². The van der Waals surface area contributed by atoms with Gasteiger partial charge in [-0.25, -0.2) is 4.98 Å². The number of furan rings is 1. The number of nitro groups is 1. The number of aromatic nitrogens is 1. The molecule has 27 heavy (non-hydrogen) atoms. The summed E-state index contributed by atoms with van der Waals surface area (Å²) in [5, 5.41) is 12.2. The Hall–Kier alpha value is -2.65. The fraction of sp³-hybridized carbons (Fsp3) is 0.294. The summed E-state index contributed by atoms with van der Waals surface area (Å²) >= 11 is 7.84. The van der Waals surface area contributed by atoms with E-state index < -0.39 is 10.8 Å². The van der Waals surface area contributed by atoms with Gasteiger partial charge in [-0.2, -0.15) is 0 Å². The molecule has 0 saturated carbocycles. The normalized spacial score (nSPS) is 14.7. The number of fused-ring (bicyclic) bond motifs is 1. The Morgan fingerprint density at radius 1 is 1.26 bits per heavy atom. The van der Waals surface area contributed by atoms with Gasteiger partial charge in [0.25, 0.3) is 5.91 Å². The minimum absolute atomic E-state index is 0.0162. The molecule has 0 atom stereocenters. The number of carbonyl (C=O) groups excluding carboxylic acids is 1. The first-order chi connectivity index (χ1) is 12.9. The first-order valence-corrected chi connectivity index (χ1v) is 9.47. The lowest BCUT2D eigenvalue weighted by atomic mass is 10.2. The third kappa shape index (κ3) is 3.24. The summed E-state index contributed by atoms with van der Waals surface area (Å²) in [6, 6.07) is 6.36. The molecule has 1 aliphatic rings. The average Bonchev–Trinajstić information content (AvgIpc) is 3.32. The highest BCUT2D eigenvalue weighted by Gasteiger charge is 2.27. The molecule has 0 N–H and O–H groups in total. The van der Waals surface area contributed by atoms with Gasteiger partial charge in [-0.05, 0) is 24.6 Å². The van der Waals surface area contributed by atoms with Crippen molar-refractivity contribution in [2.75, 3.05) is 31.1 Å². The molecule has 0 spiro atoms. The van der Waals surface area contributed by atoms with Gasteiger partial charge in [-0.15, -0.1) is 0 Å². The van der Waals surface area contributed by atoms with E-state index in [4.69, 9.17) is 16.0 Å². The number of hydrogen-bond donors (Lipinski definition) is 0. The third-order valence-electron chi connectivity index (χ3n) is 4.50. The smallest absolute Gasteiger partial charge is 0.395 e. The summed E-state index contributed by atoms with van der Waals surface area (Å²) in [5.74, 6) is -0.790. The molecule has 2 aromatic heterocycles. The Labute approximate surface area is 163 Å². The molecule has 1 saturated heterocycles. The molecule has 3 aromatic rings. The van der Waals surface area contributed by atoms with E-state index in [1.807, 2.05) is 19.1 Å². The molecule has 0 radical (unpaired) electrons. The van der Waals surface area contributed by atoms with Gasteiger partial charge >= 0.3 is 5.88 Å². The molecular formula is C17H15ClN4O4S. The number of benzene rings is 1. The van der Waals surface area contributed by atoms with Crippen LogP contribution in [-0.2, 0) is 0 Å². The van der Waals surface area contributed by atoms with Crippen LogP contribution in [0.25, 0.3) is 10.2 Å². The zero-order chi connectivity index (χ0) is 19.1. The van der Waals surface area contributed by atoms with Crippen LogP contribution < -0.4 is 4.90 Å². The fourth-order valence-corrected chi connectivity index (χ4v) is 4.39. The van der Waals surface area contributed by atoms with Crippen LogP contribution in [0.3, 0.4) is 0 Å². The Morgan fingerprint density at radius 3 is 2.63 bits per heavy atom. The third-order valence-corrected chi connectivity index (χ3v) is 6.06. The van der Waals surface area contributed by atoms with E-state index >= 15 is 0 Å². The standard InChI is InChI=1S/C17H15ClN4O4S/c1-10-2-3-11(18)14-15(10)27-17(19-14)21-8-6-20(7-9-21)16(23)12-4-5-13(26-12)22(24)25/h2-5H,6-9H2,1H3. The largest absolute Gasteiger partial charge is 0.433 e. The number of carbonyl (C=O) groups is 1. The van der Waals surface area contributed by atoms with Crippen LogP contribution in [0.1, 0.15) is 16.1 Å². The van der Waals surface area contributed by atoms with Gasteiger partial charge < -0.3 is 14.2 Å². The predicted octanol–water partition coefficient (Wildman–Crippen LogP) is 3.72. The van der Waals surface area contributed by atoms with Crippen LogP contribution in [0.15, 0.2) is 28.7 Å². The van der Waals surface area contributed by atoms with Gasteiger partial charge in [0.05, 0.1) is 15.8 Å². The van der Waals surface area contributed by atoms with Crippen LogP contribution in [0.5, 0.6) is 0 Å². The summed E-state index contributed by atoms with van der Waals surface area (Å²) in [7, 11) is 0. The van der Waals surface area contributed by atoms with Gasteiger partial charge in [0.1, 0.15) is 10.4 Å². The van der Waals surface area contributed by atoms with Crippen LogP contribution in [-0.4, -0.2) is 46.9 Å². The zero-order valence-electron chi connectivity index (χ0n) is 14.3. The van der Waals surface area contributed by atoms with Crippen LogP contribution in [0.4, 0.5) is 11.0 Å². The summed E-state index contributed by atoms with van der Waals surface area (Å²) in [6.45, 7) is 4.22.